The summed E-state index contributed by atoms with van der Waals surface area (Å²) in [6.45, 7) is 4.47. The Morgan fingerprint density at radius 1 is 1.15 bits per heavy atom. The fourth-order valence-corrected chi connectivity index (χ4v) is 2.73. The van der Waals surface area contributed by atoms with Crippen LogP contribution in [-0.4, -0.2) is 40.8 Å². The largest absolute Gasteiger partial charge is 0.507 e. The first-order valence-corrected chi connectivity index (χ1v) is 8.39. The third-order valence-electron chi connectivity index (χ3n) is 3.71. The highest BCUT2D eigenvalue weighted by Crippen LogP contribution is 2.40. The van der Waals surface area contributed by atoms with Crippen molar-refractivity contribution in [3.63, 3.8) is 0 Å². The Bertz CT molecular complexity index is 904. The van der Waals surface area contributed by atoms with E-state index in [0.717, 1.165) is 6.07 Å². The zero-order valence-electron chi connectivity index (χ0n) is 14.2. The second-order valence-electron chi connectivity index (χ2n) is 6.64. The summed E-state index contributed by atoms with van der Waals surface area (Å²) in [6, 6.07) is 2.15. The monoisotopic (exact) mass is 379 g/mol. The van der Waals surface area contributed by atoms with Gasteiger partial charge in [-0.15, -0.1) is 0 Å². The second-order valence-corrected chi connectivity index (χ2v) is 7.37. The number of phenols is 3. The van der Waals surface area contributed by atoms with Crippen LogP contribution in [0.5, 0.6) is 17.2 Å². The topological polar surface area (TPSA) is 150 Å². The third-order valence-corrected chi connectivity index (χ3v) is 4.40. The minimum Gasteiger partial charge on any atom is -0.507 e. The van der Waals surface area contributed by atoms with Crippen molar-refractivity contribution in [1.82, 2.24) is 0 Å². The summed E-state index contributed by atoms with van der Waals surface area (Å²) in [5.74, 6) is -2.54. The number of carbonyl (C=O) groups excluding carboxylic acids is 1. The smallest absolute Gasteiger partial charge is 0.311 e. The fourth-order valence-electron chi connectivity index (χ4n) is 2.27. The maximum absolute atomic E-state index is 11.9. The molecule has 10 heteroatoms. The predicted molar refractivity (Wildman–Crippen MR) is 92.5 cm³/mol. The molecule has 0 atom stereocenters. The molecule has 0 bridgehead atoms. The van der Waals surface area contributed by atoms with Gasteiger partial charge in [0.05, 0.1) is 21.1 Å². The average molecular weight is 379 g/mol. The van der Waals surface area contributed by atoms with Crippen LogP contribution in [0, 0.1) is 15.5 Å². The summed E-state index contributed by atoms with van der Waals surface area (Å²) in [5, 5.41) is 40.9. The number of ether oxygens (including phenoxy) is 1. The van der Waals surface area contributed by atoms with Crippen LogP contribution in [0.3, 0.4) is 0 Å². The molecule has 4 N–H and O–H groups in total. The van der Waals surface area contributed by atoms with Crippen molar-refractivity contribution in [2.24, 2.45) is 5.41 Å². The lowest BCUT2D eigenvalue weighted by atomic mass is 9.97. The van der Waals surface area contributed by atoms with Crippen molar-refractivity contribution in [2.75, 3.05) is 0 Å². The molecular formula is C16H17NO8Si. The second kappa shape index (κ2) is 6.81. The van der Waals surface area contributed by atoms with Gasteiger partial charge in [-0.3, -0.25) is 14.9 Å². The molecule has 0 aromatic heterocycles. The van der Waals surface area contributed by atoms with Gasteiger partial charge in [0.15, 0.2) is 11.5 Å². The molecule has 2 aromatic carbocycles. The highest BCUT2D eigenvalue weighted by molar-refractivity contribution is 6.49. The normalized spacial score (nSPS) is 11.5. The van der Waals surface area contributed by atoms with Crippen LogP contribution in [0.2, 0.25) is 0 Å². The molecule has 0 saturated carbocycles. The summed E-state index contributed by atoms with van der Waals surface area (Å²) < 4.78 is 5.10. The number of aromatic hydroxyl groups is 3. The number of nitro benzene ring substituents is 1. The Kier molecular flexibility index (Phi) is 5.10. The van der Waals surface area contributed by atoms with E-state index in [9.17, 15) is 35.0 Å². The molecule has 26 heavy (non-hydrogen) atoms. The first-order chi connectivity index (χ1) is 12.0. The molecule has 0 unspecified atom stereocenters. The zero-order valence-corrected chi connectivity index (χ0v) is 15.2. The standard InChI is InChI=1S/C16H17NO8Si/c1-16(2,3)15(21)25-6-7-4-8-9(5-10(7)17(22)23)11(18)13(20)14(26-24)12(8)19/h4-5,18-20,24H,6H2,1-3H3. The molecule has 2 rings (SSSR count). The number of hydrogen-bond acceptors (Lipinski definition) is 8. The number of esters is 1. The maximum Gasteiger partial charge on any atom is 0.311 e. The van der Waals surface area contributed by atoms with Gasteiger partial charge in [0.1, 0.15) is 12.4 Å². The van der Waals surface area contributed by atoms with E-state index in [4.69, 9.17) is 4.74 Å². The quantitative estimate of drug-likeness (QED) is 0.154. The lowest BCUT2D eigenvalue weighted by Gasteiger charge is -2.17. The molecular weight excluding hydrogens is 362 g/mol. The Labute approximate surface area is 150 Å². The number of fused-ring (bicyclic) bond motifs is 1. The number of benzene rings is 2. The Hall–Kier alpha value is -2.85. The summed E-state index contributed by atoms with van der Waals surface area (Å²) in [5.41, 5.74) is -1.26. The molecule has 0 aliphatic rings. The van der Waals surface area contributed by atoms with E-state index >= 15 is 0 Å². The van der Waals surface area contributed by atoms with Gasteiger partial charge in [-0.05, 0) is 26.8 Å². The van der Waals surface area contributed by atoms with Crippen LogP contribution in [0.4, 0.5) is 5.69 Å². The van der Waals surface area contributed by atoms with Gasteiger partial charge in [-0.1, -0.05) is 0 Å². The highest BCUT2D eigenvalue weighted by Gasteiger charge is 2.27. The van der Waals surface area contributed by atoms with Crippen molar-refractivity contribution < 1.29 is 34.6 Å². The summed E-state index contributed by atoms with van der Waals surface area (Å²) >= 11 is 0. The van der Waals surface area contributed by atoms with Crippen LogP contribution in [-0.2, 0) is 16.1 Å². The van der Waals surface area contributed by atoms with Crippen LogP contribution in [0.1, 0.15) is 26.3 Å². The SMILES string of the molecule is CC(C)(C)C(=O)OCc1cc2c(O)c([Si]O)c(O)c(O)c2cc1[N+](=O)[O-]. The fraction of sp³-hybridized carbons (Fsp3) is 0.312. The number of rotatable bonds is 4. The number of carbonyl (C=O) groups is 1. The average Bonchev–Trinajstić information content (AvgIpc) is 2.56. The van der Waals surface area contributed by atoms with E-state index < -0.39 is 55.6 Å². The molecule has 0 aliphatic heterocycles. The van der Waals surface area contributed by atoms with Gasteiger partial charge in [0.25, 0.3) is 15.5 Å². The zero-order chi connectivity index (χ0) is 19.8. The van der Waals surface area contributed by atoms with Crippen molar-refractivity contribution in [3.05, 3.63) is 27.8 Å². The van der Waals surface area contributed by atoms with Gasteiger partial charge in [0, 0.05) is 16.8 Å². The molecule has 9 nitrogen and oxygen atoms in total. The number of nitro groups is 1. The van der Waals surface area contributed by atoms with E-state index in [1.807, 2.05) is 0 Å². The van der Waals surface area contributed by atoms with Crippen molar-refractivity contribution in [1.29, 1.82) is 0 Å². The molecule has 2 radical (unpaired) electrons. The number of hydrogen-bond donors (Lipinski definition) is 4. The molecule has 0 aliphatic carbocycles. The highest BCUT2D eigenvalue weighted by atomic mass is 28.2. The van der Waals surface area contributed by atoms with Gasteiger partial charge in [-0.2, -0.15) is 0 Å². The Morgan fingerprint density at radius 2 is 1.73 bits per heavy atom. The van der Waals surface area contributed by atoms with Gasteiger partial charge < -0.3 is 24.9 Å². The van der Waals surface area contributed by atoms with Gasteiger partial charge in [-0.25, -0.2) is 0 Å². The first-order valence-electron chi connectivity index (χ1n) is 7.44. The number of phenolic OH excluding ortho intramolecular Hbond substituents is 3. The van der Waals surface area contributed by atoms with Gasteiger partial charge >= 0.3 is 5.97 Å². The van der Waals surface area contributed by atoms with Crippen LogP contribution in [0.25, 0.3) is 10.8 Å². The molecule has 138 valence electrons. The third kappa shape index (κ3) is 3.41. The van der Waals surface area contributed by atoms with Crippen LogP contribution < -0.4 is 5.19 Å². The van der Waals surface area contributed by atoms with E-state index in [0.29, 0.717) is 0 Å². The van der Waals surface area contributed by atoms with E-state index in [1.165, 1.54) is 6.07 Å². The molecule has 2 aromatic rings. The Morgan fingerprint density at radius 3 is 2.23 bits per heavy atom. The van der Waals surface area contributed by atoms with Crippen molar-refractivity contribution in [3.8, 4) is 17.2 Å². The summed E-state index contributed by atoms with van der Waals surface area (Å²) in [6.07, 6.45) is 0. The van der Waals surface area contributed by atoms with E-state index in [2.05, 4.69) is 0 Å². The van der Waals surface area contributed by atoms with Crippen LogP contribution >= 0.6 is 0 Å². The summed E-state index contributed by atoms with van der Waals surface area (Å²) in [4.78, 5) is 31.8. The molecule has 0 heterocycles. The number of nitrogens with zero attached hydrogens (tertiary/aromatic N) is 1. The minimum absolute atomic E-state index is 0.00675. The lowest BCUT2D eigenvalue weighted by molar-refractivity contribution is -0.385. The van der Waals surface area contributed by atoms with E-state index in [1.54, 1.807) is 20.8 Å². The Balaban J connectivity index is 2.64. The van der Waals surface area contributed by atoms with E-state index in [-0.39, 0.29) is 21.5 Å². The van der Waals surface area contributed by atoms with Crippen molar-refractivity contribution >= 4 is 37.4 Å². The predicted octanol–water partition coefficient (Wildman–Crippen LogP) is 1.19. The lowest BCUT2D eigenvalue weighted by Crippen LogP contribution is -2.22. The van der Waals surface area contributed by atoms with Crippen LogP contribution in [0.15, 0.2) is 12.1 Å². The van der Waals surface area contributed by atoms with Crippen molar-refractivity contribution in [2.45, 2.75) is 27.4 Å². The minimum atomic E-state index is -1.01. The maximum atomic E-state index is 11.9. The summed E-state index contributed by atoms with van der Waals surface area (Å²) in [7, 11) is -1.01. The van der Waals surface area contributed by atoms with Gasteiger partial charge in [0.2, 0.25) is 0 Å². The molecule has 0 saturated heterocycles. The first kappa shape index (κ1) is 19.5. The molecule has 0 spiro atoms. The molecule has 0 amide bonds. The molecule has 0 fully saturated rings.